The number of hydrogen-bond acceptors (Lipinski definition) is 2. The Morgan fingerprint density at radius 3 is 2.64 bits per heavy atom. The van der Waals surface area contributed by atoms with Gasteiger partial charge in [0, 0.05) is 12.1 Å². The number of carbonyl (C=O) groups excluding carboxylic acids is 1. The van der Waals surface area contributed by atoms with Crippen LogP contribution in [0.25, 0.3) is 0 Å². The zero-order chi connectivity index (χ0) is 15.9. The van der Waals surface area contributed by atoms with E-state index in [2.05, 4.69) is 10.1 Å². The molecule has 0 aliphatic carbocycles. The molecule has 0 aliphatic rings. The van der Waals surface area contributed by atoms with E-state index in [-0.39, 0.29) is 17.1 Å². The zero-order valence-corrected chi connectivity index (χ0v) is 11.6. The number of amides is 1. The first kappa shape index (κ1) is 15.9. The van der Waals surface area contributed by atoms with E-state index >= 15 is 0 Å². The molecular formula is C16H14F3NO2. The Morgan fingerprint density at radius 1 is 1.14 bits per heavy atom. The molecule has 0 fully saturated rings. The second-order valence-corrected chi connectivity index (χ2v) is 4.54. The van der Waals surface area contributed by atoms with Gasteiger partial charge in [-0.1, -0.05) is 18.2 Å². The van der Waals surface area contributed by atoms with Crippen LogP contribution < -0.4 is 10.1 Å². The molecule has 1 N–H and O–H groups in total. The van der Waals surface area contributed by atoms with Crippen molar-refractivity contribution >= 4 is 5.91 Å². The molecule has 0 aliphatic heterocycles. The minimum absolute atomic E-state index is 0.0761. The smallest absolute Gasteiger partial charge is 0.387 e. The molecule has 0 saturated carbocycles. The van der Waals surface area contributed by atoms with Gasteiger partial charge in [-0.15, -0.1) is 0 Å². The third-order valence-corrected chi connectivity index (χ3v) is 2.91. The molecule has 0 heterocycles. The highest BCUT2D eigenvalue weighted by Gasteiger charge is 2.09. The van der Waals surface area contributed by atoms with Crippen molar-refractivity contribution in [2.45, 2.75) is 13.0 Å². The molecule has 0 unspecified atom stereocenters. The molecule has 0 aromatic heterocycles. The Labute approximate surface area is 125 Å². The Hall–Kier alpha value is -2.50. The topological polar surface area (TPSA) is 38.3 Å². The fraction of sp³-hybridized carbons (Fsp3) is 0.188. The van der Waals surface area contributed by atoms with Gasteiger partial charge in [0.05, 0.1) is 0 Å². The summed E-state index contributed by atoms with van der Waals surface area (Å²) in [5.74, 6) is -0.815. The lowest BCUT2D eigenvalue weighted by Gasteiger charge is -2.08. The van der Waals surface area contributed by atoms with E-state index in [1.165, 1.54) is 36.4 Å². The molecule has 0 radical (unpaired) electrons. The molecule has 6 heteroatoms. The quantitative estimate of drug-likeness (QED) is 0.888. The Bertz CT molecular complexity index is 647. The van der Waals surface area contributed by atoms with Crippen molar-refractivity contribution in [2.75, 3.05) is 6.54 Å². The fourth-order valence-electron chi connectivity index (χ4n) is 1.93. The van der Waals surface area contributed by atoms with Crippen molar-refractivity contribution in [1.82, 2.24) is 5.32 Å². The molecule has 22 heavy (non-hydrogen) atoms. The Balaban J connectivity index is 1.89. The molecule has 2 aromatic carbocycles. The number of ether oxygens (including phenoxy) is 1. The molecule has 0 atom stereocenters. The number of carbonyl (C=O) groups is 1. The maximum atomic E-state index is 13.0. The summed E-state index contributed by atoms with van der Waals surface area (Å²) in [6.45, 7) is -2.63. The van der Waals surface area contributed by atoms with Crippen LogP contribution in [0.1, 0.15) is 15.9 Å². The summed E-state index contributed by atoms with van der Waals surface area (Å²) in [4.78, 5) is 11.9. The van der Waals surface area contributed by atoms with E-state index in [0.29, 0.717) is 13.0 Å². The molecule has 1 amide bonds. The van der Waals surface area contributed by atoms with Crippen LogP contribution in [0.4, 0.5) is 13.2 Å². The first-order valence-corrected chi connectivity index (χ1v) is 6.62. The average Bonchev–Trinajstić information content (AvgIpc) is 2.47. The molecule has 0 bridgehead atoms. The van der Waals surface area contributed by atoms with E-state index in [1.807, 2.05) is 0 Å². The largest absolute Gasteiger partial charge is 0.435 e. The van der Waals surface area contributed by atoms with Crippen LogP contribution in [0.2, 0.25) is 0 Å². The monoisotopic (exact) mass is 309 g/mol. The van der Waals surface area contributed by atoms with E-state index in [0.717, 1.165) is 5.56 Å². The van der Waals surface area contributed by atoms with Crippen molar-refractivity contribution in [2.24, 2.45) is 0 Å². The summed E-state index contributed by atoms with van der Waals surface area (Å²) in [6.07, 6.45) is 0.469. The van der Waals surface area contributed by atoms with Gasteiger partial charge in [0.2, 0.25) is 0 Å². The van der Waals surface area contributed by atoms with Crippen LogP contribution >= 0.6 is 0 Å². The predicted octanol–water partition coefficient (Wildman–Crippen LogP) is 3.40. The summed E-state index contributed by atoms with van der Waals surface area (Å²) in [5, 5.41) is 2.64. The first-order valence-electron chi connectivity index (χ1n) is 6.62. The van der Waals surface area contributed by atoms with Gasteiger partial charge in [0.25, 0.3) is 5.91 Å². The number of alkyl halides is 2. The van der Waals surface area contributed by atoms with Crippen LogP contribution in [0, 0.1) is 5.82 Å². The lowest BCUT2D eigenvalue weighted by molar-refractivity contribution is -0.0498. The second kappa shape index (κ2) is 7.49. The molecule has 0 spiro atoms. The van der Waals surface area contributed by atoms with Gasteiger partial charge in [0.1, 0.15) is 11.6 Å². The summed E-state index contributed by atoms with van der Waals surface area (Å²) in [5.41, 5.74) is 0.979. The van der Waals surface area contributed by atoms with E-state index in [1.54, 1.807) is 12.1 Å². The van der Waals surface area contributed by atoms with Gasteiger partial charge >= 0.3 is 6.61 Å². The van der Waals surface area contributed by atoms with Crippen molar-refractivity contribution in [1.29, 1.82) is 0 Å². The maximum Gasteiger partial charge on any atom is 0.387 e. The first-order chi connectivity index (χ1) is 10.5. The standard InChI is InChI=1S/C16H14F3NO2/c17-13-5-1-3-11(9-13)7-8-20-15(21)12-4-2-6-14(10-12)22-16(18)19/h1-6,9-10,16H,7-8H2,(H,20,21). The predicted molar refractivity (Wildman–Crippen MR) is 75.5 cm³/mol. The van der Waals surface area contributed by atoms with Crippen molar-refractivity contribution in [3.8, 4) is 5.75 Å². The summed E-state index contributed by atoms with van der Waals surface area (Å²) in [6, 6.07) is 11.6. The molecule has 0 saturated heterocycles. The minimum Gasteiger partial charge on any atom is -0.435 e. The van der Waals surface area contributed by atoms with Crippen molar-refractivity contribution < 1.29 is 22.7 Å². The molecule has 3 nitrogen and oxygen atoms in total. The van der Waals surface area contributed by atoms with Crippen LogP contribution in [0.15, 0.2) is 48.5 Å². The van der Waals surface area contributed by atoms with Crippen LogP contribution in [0.3, 0.4) is 0 Å². The highest BCUT2D eigenvalue weighted by Crippen LogP contribution is 2.15. The third kappa shape index (κ3) is 4.80. The Kier molecular flexibility index (Phi) is 5.41. The minimum atomic E-state index is -2.94. The number of benzene rings is 2. The van der Waals surface area contributed by atoms with Crippen LogP contribution in [-0.2, 0) is 6.42 Å². The second-order valence-electron chi connectivity index (χ2n) is 4.54. The van der Waals surface area contributed by atoms with Gasteiger partial charge in [-0.25, -0.2) is 4.39 Å². The number of rotatable bonds is 6. The van der Waals surface area contributed by atoms with Crippen LogP contribution in [-0.4, -0.2) is 19.1 Å². The van der Waals surface area contributed by atoms with E-state index in [9.17, 15) is 18.0 Å². The van der Waals surface area contributed by atoms with Gasteiger partial charge in [-0.2, -0.15) is 8.78 Å². The molecular weight excluding hydrogens is 295 g/mol. The van der Waals surface area contributed by atoms with Crippen LogP contribution in [0.5, 0.6) is 5.75 Å². The van der Waals surface area contributed by atoms with Crippen molar-refractivity contribution in [3.05, 3.63) is 65.5 Å². The number of hydrogen-bond donors (Lipinski definition) is 1. The number of nitrogens with one attached hydrogen (secondary N) is 1. The third-order valence-electron chi connectivity index (χ3n) is 2.91. The summed E-state index contributed by atoms with van der Waals surface area (Å²) >= 11 is 0. The summed E-state index contributed by atoms with van der Waals surface area (Å²) < 4.78 is 41.5. The van der Waals surface area contributed by atoms with Gasteiger partial charge < -0.3 is 10.1 Å². The van der Waals surface area contributed by atoms with Gasteiger partial charge in [-0.3, -0.25) is 4.79 Å². The lowest BCUT2D eigenvalue weighted by atomic mass is 10.1. The zero-order valence-electron chi connectivity index (χ0n) is 11.6. The maximum absolute atomic E-state index is 13.0. The van der Waals surface area contributed by atoms with E-state index < -0.39 is 12.5 Å². The summed E-state index contributed by atoms with van der Waals surface area (Å²) in [7, 11) is 0. The SMILES string of the molecule is O=C(NCCc1cccc(F)c1)c1cccc(OC(F)F)c1. The normalized spacial score (nSPS) is 10.5. The molecule has 2 rings (SSSR count). The molecule has 2 aromatic rings. The lowest BCUT2D eigenvalue weighted by Crippen LogP contribution is -2.25. The Morgan fingerprint density at radius 2 is 1.91 bits per heavy atom. The van der Waals surface area contributed by atoms with Gasteiger partial charge in [0.15, 0.2) is 0 Å². The average molecular weight is 309 g/mol. The van der Waals surface area contributed by atoms with Crippen molar-refractivity contribution in [3.63, 3.8) is 0 Å². The van der Waals surface area contributed by atoms with E-state index in [4.69, 9.17) is 0 Å². The highest BCUT2D eigenvalue weighted by atomic mass is 19.3. The van der Waals surface area contributed by atoms with Gasteiger partial charge in [-0.05, 0) is 42.3 Å². The highest BCUT2D eigenvalue weighted by molar-refractivity contribution is 5.94. The number of halogens is 3. The molecule has 116 valence electrons. The fourth-order valence-corrected chi connectivity index (χ4v) is 1.93.